The number of carboxylic acids is 1. The number of hydrogen-bond donors (Lipinski definition) is 3. The van der Waals surface area contributed by atoms with Gasteiger partial charge in [0.1, 0.15) is 0 Å². The second-order valence-corrected chi connectivity index (χ2v) is 7.44. The number of hydrogen-bond acceptors (Lipinski definition) is 5. The summed E-state index contributed by atoms with van der Waals surface area (Å²) in [6.45, 7) is 4.94. The third-order valence-electron chi connectivity index (χ3n) is 4.99. The Labute approximate surface area is 183 Å². The van der Waals surface area contributed by atoms with Gasteiger partial charge in [-0.2, -0.15) is 23.4 Å². The van der Waals surface area contributed by atoms with Crippen LogP contribution in [-0.4, -0.2) is 56.4 Å². The van der Waals surface area contributed by atoms with E-state index in [2.05, 4.69) is 49.8 Å². The van der Waals surface area contributed by atoms with Crippen molar-refractivity contribution in [2.24, 2.45) is 0 Å². The lowest BCUT2D eigenvalue weighted by atomic mass is 10.1. The second-order valence-electron chi connectivity index (χ2n) is 7.44. The highest BCUT2D eigenvalue weighted by molar-refractivity contribution is 5.73. The fourth-order valence-corrected chi connectivity index (χ4v) is 3.31. The number of carboxylic acid groups (broad SMARTS) is 1. The summed E-state index contributed by atoms with van der Waals surface area (Å²) >= 11 is 0. The van der Waals surface area contributed by atoms with E-state index >= 15 is 0 Å². The Hall–Kier alpha value is -3.34. The standard InChI is InChI=1S/C19H24N6.C2HF3O2/c1-15-13-19(22-21-15)24-10-7-16(8-11-24)20-14-17-9-12-25(23-17)18-5-3-2-4-6-18;3-2(4,5)1(6)7/h2-6,9,12-13,16,20H,7-8,10-11,14H2,1H3,(H,21,22);(H,6,7). The fraction of sp³-hybridized carbons (Fsp3) is 0.381. The van der Waals surface area contributed by atoms with Crippen LogP contribution in [-0.2, 0) is 11.3 Å². The van der Waals surface area contributed by atoms with Crippen LogP contribution in [0, 0.1) is 6.92 Å². The molecule has 0 atom stereocenters. The second kappa shape index (κ2) is 10.3. The number of para-hydroxylation sites is 1. The Bertz CT molecular complexity index is 994. The number of H-pyrrole nitrogens is 1. The van der Waals surface area contributed by atoms with Gasteiger partial charge in [-0.3, -0.25) is 5.10 Å². The lowest BCUT2D eigenvalue weighted by Crippen LogP contribution is -2.42. The number of aryl methyl sites for hydroxylation is 1. The first kappa shape index (κ1) is 23.3. The van der Waals surface area contributed by atoms with E-state index in [0.29, 0.717) is 6.04 Å². The number of nitrogens with zero attached hydrogens (tertiary/aromatic N) is 4. The molecule has 172 valence electrons. The number of aromatic amines is 1. The number of benzene rings is 1. The maximum absolute atomic E-state index is 10.6. The van der Waals surface area contributed by atoms with Crippen LogP contribution in [0.1, 0.15) is 24.2 Å². The number of rotatable bonds is 5. The molecule has 3 aromatic rings. The van der Waals surface area contributed by atoms with E-state index in [-0.39, 0.29) is 0 Å². The summed E-state index contributed by atoms with van der Waals surface area (Å²) in [6.07, 6.45) is -0.800. The molecule has 1 aliphatic rings. The lowest BCUT2D eigenvalue weighted by Gasteiger charge is -2.32. The first-order chi connectivity index (χ1) is 15.2. The molecule has 1 saturated heterocycles. The lowest BCUT2D eigenvalue weighted by molar-refractivity contribution is -0.192. The van der Waals surface area contributed by atoms with Gasteiger partial charge >= 0.3 is 12.1 Å². The molecule has 32 heavy (non-hydrogen) atoms. The van der Waals surface area contributed by atoms with Crippen molar-refractivity contribution in [2.75, 3.05) is 18.0 Å². The van der Waals surface area contributed by atoms with E-state index in [1.165, 1.54) is 0 Å². The highest BCUT2D eigenvalue weighted by Gasteiger charge is 2.38. The van der Waals surface area contributed by atoms with Gasteiger partial charge in [-0.1, -0.05) is 18.2 Å². The number of aliphatic carboxylic acids is 1. The van der Waals surface area contributed by atoms with Gasteiger partial charge in [-0.15, -0.1) is 0 Å². The normalized spacial score (nSPS) is 14.7. The molecule has 0 amide bonds. The van der Waals surface area contributed by atoms with Crippen molar-refractivity contribution >= 4 is 11.8 Å². The predicted molar refractivity (Wildman–Crippen MR) is 113 cm³/mol. The van der Waals surface area contributed by atoms with Gasteiger partial charge in [-0.05, 0) is 38.0 Å². The molecule has 11 heteroatoms. The number of alkyl halides is 3. The number of anilines is 1. The van der Waals surface area contributed by atoms with Crippen molar-refractivity contribution in [3.63, 3.8) is 0 Å². The largest absolute Gasteiger partial charge is 0.490 e. The number of carbonyl (C=O) groups is 1. The van der Waals surface area contributed by atoms with Gasteiger partial charge in [0.15, 0.2) is 5.82 Å². The van der Waals surface area contributed by atoms with Crippen LogP contribution < -0.4 is 10.2 Å². The summed E-state index contributed by atoms with van der Waals surface area (Å²) < 4.78 is 33.7. The molecule has 8 nitrogen and oxygen atoms in total. The molecule has 1 fully saturated rings. The number of halogens is 3. The third-order valence-corrected chi connectivity index (χ3v) is 4.99. The van der Waals surface area contributed by atoms with Gasteiger partial charge in [0.2, 0.25) is 0 Å². The minimum absolute atomic E-state index is 0.540. The molecule has 0 unspecified atom stereocenters. The number of nitrogens with one attached hydrogen (secondary N) is 2. The van der Waals surface area contributed by atoms with E-state index in [1.807, 2.05) is 36.0 Å². The number of piperidine rings is 1. The molecule has 3 N–H and O–H groups in total. The van der Waals surface area contributed by atoms with Gasteiger partial charge in [0.25, 0.3) is 0 Å². The Morgan fingerprint density at radius 1 is 1.22 bits per heavy atom. The van der Waals surface area contributed by atoms with Crippen LogP contribution in [0.2, 0.25) is 0 Å². The molecule has 3 heterocycles. The van der Waals surface area contributed by atoms with Crippen LogP contribution >= 0.6 is 0 Å². The summed E-state index contributed by atoms with van der Waals surface area (Å²) in [5.41, 5.74) is 3.29. The highest BCUT2D eigenvalue weighted by atomic mass is 19.4. The molecule has 0 saturated carbocycles. The van der Waals surface area contributed by atoms with Crippen LogP contribution in [0.25, 0.3) is 5.69 Å². The van der Waals surface area contributed by atoms with Gasteiger partial charge in [0, 0.05) is 43.6 Å². The van der Waals surface area contributed by atoms with E-state index in [9.17, 15) is 13.2 Å². The molecular weight excluding hydrogens is 425 g/mol. The topological polar surface area (TPSA) is 99.1 Å². The maximum atomic E-state index is 10.6. The molecular formula is C21H25F3N6O2. The SMILES string of the molecule is Cc1cc(N2CCC(NCc3ccn(-c4ccccc4)n3)CC2)n[nH]1.O=C(O)C(F)(F)F. The summed E-state index contributed by atoms with van der Waals surface area (Å²) in [4.78, 5) is 11.2. The van der Waals surface area contributed by atoms with Crippen molar-refractivity contribution in [3.05, 3.63) is 60.0 Å². The van der Waals surface area contributed by atoms with Crippen LogP contribution in [0.3, 0.4) is 0 Å². The maximum Gasteiger partial charge on any atom is 0.490 e. The Morgan fingerprint density at radius 2 is 1.88 bits per heavy atom. The Morgan fingerprint density at radius 3 is 2.44 bits per heavy atom. The van der Waals surface area contributed by atoms with E-state index in [0.717, 1.165) is 55.4 Å². The van der Waals surface area contributed by atoms with Crippen molar-refractivity contribution in [3.8, 4) is 5.69 Å². The Kier molecular flexibility index (Phi) is 7.52. The molecule has 0 spiro atoms. The van der Waals surface area contributed by atoms with Crippen molar-refractivity contribution in [1.82, 2.24) is 25.3 Å². The monoisotopic (exact) mass is 450 g/mol. The van der Waals surface area contributed by atoms with Gasteiger partial charge in [0.05, 0.1) is 11.4 Å². The third kappa shape index (κ3) is 6.58. The average molecular weight is 450 g/mol. The summed E-state index contributed by atoms with van der Waals surface area (Å²) in [7, 11) is 0. The average Bonchev–Trinajstić information content (AvgIpc) is 3.42. The molecule has 0 bridgehead atoms. The first-order valence-corrected chi connectivity index (χ1v) is 10.1. The zero-order valence-corrected chi connectivity index (χ0v) is 17.5. The summed E-state index contributed by atoms with van der Waals surface area (Å²) in [5.74, 6) is -1.69. The zero-order chi connectivity index (χ0) is 23.1. The molecule has 4 rings (SSSR count). The van der Waals surface area contributed by atoms with E-state index in [1.54, 1.807) is 0 Å². The van der Waals surface area contributed by atoms with Crippen LogP contribution in [0.4, 0.5) is 19.0 Å². The Balaban J connectivity index is 0.000000360. The fourth-order valence-electron chi connectivity index (χ4n) is 3.31. The minimum Gasteiger partial charge on any atom is -0.475 e. The molecule has 0 radical (unpaired) electrons. The van der Waals surface area contributed by atoms with Crippen molar-refractivity contribution in [2.45, 2.75) is 38.5 Å². The van der Waals surface area contributed by atoms with Crippen molar-refractivity contribution in [1.29, 1.82) is 0 Å². The van der Waals surface area contributed by atoms with Gasteiger partial charge in [-0.25, -0.2) is 9.48 Å². The summed E-state index contributed by atoms with van der Waals surface area (Å²) in [6, 6.07) is 15.0. The summed E-state index contributed by atoms with van der Waals surface area (Å²) in [5, 5.41) is 22.8. The molecule has 2 aromatic heterocycles. The molecule has 1 aromatic carbocycles. The van der Waals surface area contributed by atoms with Crippen molar-refractivity contribution < 1.29 is 23.1 Å². The zero-order valence-electron chi connectivity index (χ0n) is 17.5. The quantitative estimate of drug-likeness (QED) is 0.552. The smallest absolute Gasteiger partial charge is 0.475 e. The van der Waals surface area contributed by atoms with E-state index < -0.39 is 12.1 Å². The van der Waals surface area contributed by atoms with Crippen LogP contribution in [0.5, 0.6) is 0 Å². The van der Waals surface area contributed by atoms with Crippen LogP contribution in [0.15, 0.2) is 48.7 Å². The highest BCUT2D eigenvalue weighted by Crippen LogP contribution is 2.18. The number of aromatic nitrogens is 4. The first-order valence-electron chi connectivity index (χ1n) is 10.1. The van der Waals surface area contributed by atoms with E-state index in [4.69, 9.17) is 9.90 Å². The predicted octanol–water partition coefficient (Wildman–Crippen LogP) is 3.30. The molecule has 1 aliphatic heterocycles. The molecule has 0 aliphatic carbocycles. The van der Waals surface area contributed by atoms with Gasteiger partial charge < -0.3 is 15.3 Å². The minimum atomic E-state index is -5.08.